The molecule has 0 bridgehead atoms. The van der Waals surface area contributed by atoms with Crippen LogP contribution in [0, 0.1) is 5.41 Å². The number of nitrogens with one attached hydrogen (secondary N) is 1. The van der Waals surface area contributed by atoms with Crippen LogP contribution in [0.15, 0.2) is 15.9 Å². The molecule has 0 atom stereocenters. The van der Waals surface area contributed by atoms with Gasteiger partial charge in [-0.25, -0.2) is 0 Å². The maximum Gasteiger partial charge on any atom is 0.0587 e. The Balaban J connectivity index is 2.59. The maximum absolute atomic E-state index is 5.08. The highest BCUT2D eigenvalue weighted by atomic mass is 79.9. The molecule has 0 aliphatic carbocycles. The zero-order chi connectivity index (χ0) is 13.4. The van der Waals surface area contributed by atoms with Crippen LogP contribution >= 0.6 is 27.3 Å². The van der Waals surface area contributed by atoms with Gasteiger partial charge >= 0.3 is 0 Å². The molecule has 1 N–H and O–H groups in total. The van der Waals surface area contributed by atoms with E-state index < -0.39 is 0 Å². The molecule has 0 aliphatic rings. The minimum atomic E-state index is 0.362. The van der Waals surface area contributed by atoms with Gasteiger partial charge in [0.25, 0.3) is 0 Å². The van der Waals surface area contributed by atoms with Crippen LogP contribution < -0.4 is 5.32 Å². The van der Waals surface area contributed by atoms with Crippen LogP contribution in [0.2, 0.25) is 0 Å². The van der Waals surface area contributed by atoms with E-state index in [1.807, 2.05) is 11.3 Å². The van der Waals surface area contributed by atoms with Crippen molar-refractivity contribution in [2.24, 2.45) is 5.41 Å². The molecular weight excluding hydrogens is 310 g/mol. The Morgan fingerprint density at radius 2 is 2.11 bits per heavy atom. The van der Waals surface area contributed by atoms with Crippen molar-refractivity contribution in [3.8, 4) is 0 Å². The molecule has 1 heterocycles. The second-order valence-corrected chi connectivity index (χ2v) is 6.60. The summed E-state index contributed by atoms with van der Waals surface area (Å²) >= 11 is 5.49. The number of halogens is 1. The molecule has 0 amide bonds. The van der Waals surface area contributed by atoms with Crippen molar-refractivity contribution in [1.29, 1.82) is 0 Å². The van der Waals surface area contributed by atoms with Crippen molar-refractivity contribution in [3.05, 3.63) is 20.8 Å². The van der Waals surface area contributed by atoms with Crippen molar-refractivity contribution in [3.63, 3.8) is 0 Å². The van der Waals surface area contributed by atoms with Gasteiger partial charge in [-0.3, -0.25) is 0 Å². The van der Waals surface area contributed by atoms with Crippen LogP contribution in [-0.4, -0.2) is 26.8 Å². The lowest BCUT2D eigenvalue weighted by molar-refractivity contribution is 0.186. The predicted octanol–water partition coefficient (Wildman–Crippen LogP) is 4.10. The van der Waals surface area contributed by atoms with E-state index in [2.05, 4.69) is 46.5 Å². The Bertz CT molecular complexity index is 336. The molecule has 1 aromatic heterocycles. The molecule has 104 valence electrons. The zero-order valence-electron chi connectivity index (χ0n) is 11.6. The monoisotopic (exact) mass is 333 g/mol. The Hall–Kier alpha value is 0.100. The summed E-state index contributed by atoms with van der Waals surface area (Å²) in [6, 6.07) is 2.15. The Kier molecular flexibility index (Phi) is 7.46. The lowest BCUT2D eigenvalue weighted by Gasteiger charge is -2.32. The van der Waals surface area contributed by atoms with Crippen LogP contribution in [0.3, 0.4) is 0 Å². The lowest BCUT2D eigenvalue weighted by Crippen LogP contribution is -2.36. The largest absolute Gasteiger partial charge is 0.383 e. The fourth-order valence-corrected chi connectivity index (χ4v) is 3.80. The van der Waals surface area contributed by atoms with E-state index >= 15 is 0 Å². The number of ether oxygens (including phenoxy) is 1. The van der Waals surface area contributed by atoms with E-state index in [9.17, 15) is 0 Å². The van der Waals surface area contributed by atoms with E-state index in [1.165, 1.54) is 22.2 Å². The highest BCUT2D eigenvalue weighted by Gasteiger charge is 2.27. The van der Waals surface area contributed by atoms with Gasteiger partial charge in [-0.05, 0) is 52.1 Å². The quantitative estimate of drug-likeness (QED) is 0.687. The van der Waals surface area contributed by atoms with Crippen molar-refractivity contribution < 1.29 is 4.74 Å². The Morgan fingerprint density at radius 3 is 2.61 bits per heavy atom. The first-order valence-electron chi connectivity index (χ1n) is 6.59. The third kappa shape index (κ3) is 4.65. The lowest BCUT2D eigenvalue weighted by atomic mass is 9.78. The van der Waals surface area contributed by atoms with Crippen molar-refractivity contribution in [2.75, 3.05) is 26.8 Å². The first-order valence-corrected chi connectivity index (χ1v) is 8.26. The number of thiophene rings is 1. The fraction of sp³-hybridized carbons (Fsp3) is 0.714. The second-order valence-electron chi connectivity index (χ2n) is 4.75. The van der Waals surface area contributed by atoms with Gasteiger partial charge in [0.1, 0.15) is 0 Å². The third-order valence-electron chi connectivity index (χ3n) is 3.71. The topological polar surface area (TPSA) is 21.3 Å². The molecule has 18 heavy (non-hydrogen) atoms. The minimum absolute atomic E-state index is 0.362. The molecule has 0 saturated carbocycles. The summed E-state index contributed by atoms with van der Waals surface area (Å²) in [5.74, 6) is 0. The summed E-state index contributed by atoms with van der Waals surface area (Å²) in [7, 11) is 1.75. The zero-order valence-corrected chi connectivity index (χ0v) is 14.0. The fourth-order valence-electron chi connectivity index (χ4n) is 2.13. The van der Waals surface area contributed by atoms with Gasteiger partial charge in [-0.1, -0.05) is 13.8 Å². The Labute approximate surface area is 123 Å². The van der Waals surface area contributed by atoms with Crippen LogP contribution in [0.5, 0.6) is 0 Å². The molecule has 0 spiro atoms. The summed E-state index contributed by atoms with van der Waals surface area (Å²) in [4.78, 5) is 1.47. The summed E-state index contributed by atoms with van der Waals surface area (Å²) < 4.78 is 6.34. The predicted molar refractivity (Wildman–Crippen MR) is 83.5 cm³/mol. The molecule has 0 aliphatic heterocycles. The van der Waals surface area contributed by atoms with Crippen molar-refractivity contribution in [2.45, 2.75) is 33.1 Å². The van der Waals surface area contributed by atoms with Gasteiger partial charge in [0.2, 0.25) is 0 Å². The number of hydrogen-bond acceptors (Lipinski definition) is 3. The molecule has 4 heteroatoms. The Morgan fingerprint density at radius 1 is 1.39 bits per heavy atom. The van der Waals surface area contributed by atoms with Gasteiger partial charge < -0.3 is 10.1 Å². The average Bonchev–Trinajstić information content (AvgIpc) is 2.79. The van der Waals surface area contributed by atoms with Crippen LogP contribution in [0.1, 0.15) is 31.6 Å². The first-order chi connectivity index (χ1) is 8.67. The third-order valence-corrected chi connectivity index (χ3v) is 5.64. The molecule has 0 radical (unpaired) electrons. The van der Waals surface area contributed by atoms with Crippen LogP contribution in [0.4, 0.5) is 0 Å². The van der Waals surface area contributed by atoms with Gasteiger partial charge in [0.15, 0.2) is 0 Å². The summed E-state index contributed by atoms with van der Waals surface area (Å²) in [5, 5.41) is 5.69. The molecule has 2 nitrogen and oxygen atoms in total. The number of rotatable bonds is 9. The molecular formula is C14H24BrNOS. The van der Waals surface area contributed by atoms with E-state index in [-0.39, 0.29) is 0 Å². The molecule has 1 rings (SSSR count). The maximum atomic E-state index is 5.08. The van der Waals surface area contributed by atoms with Gasteiger partial charge in [-0.2, -0.15) is 0 Å². The summed E-state index contributed by atoms with van der Waals surface area (Å²) in [5.41, 5.74) is 0.362. The summed E-state index contributed by atoms with van der Waals surface area (Å²) in [6.07, 6.45) is 3.56. The van der Waals surface area contributed by atoms with Crippen molar-refractivity contribution >= 4 is 27.3 Å². The molecule has 0 fully saturated rings. The minimum Gasteiger partial charge on any atom is -0.383 e. The molecule has 0 aromatic carbocycles. The van der Waals surface area contributed by atoms with Gasteiger partial charge in [-0.15, -0.1) is 11.3 Å². The average molecular weight is 334 g/mol. The van der Waals surface area contributed by atoms with E-state index in [0.717, 1.165) is 26.1 Å². The standard InChI is InChI=1S/C14H24BrNOS/c1-4-14(5-2,11-16-7-8-17-3)10-13-12(15)6-9-18-13/h6,9,16H,4-5,7-8,10-11H2,1-3H3. The van der Waals surface area contributed by atoms with E-state index in [4.69, 9.17) is 4.74 Å². The number of hydrogen-bond donors (Lipinski definition) is 1. The highest BCUT2D eigenvalue weighted by molar-refractivity contribution is 9.10. The van der Waals surface area contributed by atoms with Gasteiger partial charge in [0.05, 0.1) is 6.61 Å². The van der Waals surface area contributed by atoms with Gasteiger partial charge in [0, 0.05) is 29.5 Å². The van der Waals surface area contributed by atoms with E-state index in [0.29, 0.717) is 5.41 Å². The smallest absolute Gasteiger partial charge is 0.0587 e. The number of methoxy groups -OCH3 is 1. The summed E-state index contributed by atoms with van der Waals surface area (Å²) in [6.45, 7) is 7.37. The SMILES string of the molecule is CCC(CC)(CNCCOC)Cc1sccc1Br. The van der Waals surface area contributed by atoms with E-state index in [1.54, 1.807) is 7.11 Å². The van der Waals surface area contributed by atoms with Crippen molar-refractivity contribution in [1.82, 2.24) is 5.32 Å². The molecule has 0 unspecified atom stereocenters. The first kappa shape index (κ1) is 16.2. The molecule has 1 aromatic rings. The van der Waals surface area contributed by atoms with Crippen LogP contribution in [0.25, 0.3) is 0 Å². The highest BCUT2D eigenvalue weighted by Crippen LogP contribution is 2.35. The second kappa shape index (κ2) is 8.31. The van der Waals surface area contributed by atoms with Crippen LogP contribution in [-0.2, 0) is 11.2 Å². The molecule has 0 saturated heterocycles. The normalized spacial score (nSPS) is 12.0.